The van der Waals surface area contributed by atoms with Crippen LogP contribution in [0, 0.1) is 0 Å². The molecule has 0 N–H and O–H groups in total. The summed E-state index contributed by atoms with van der Waals surface area (Å²) < 4.78 is 5.47. The van der Waals surface area contributed by atoms with Gasteiger partial charge in [0, 0.05) is 36.9 Å². The second kappa shape index (κ2) is 5.61. The molecule has 1 unspecified atom stereocenters. The molecule has 22 heavy (non-hydrogen) atoms. The van der Waals surface area contributed by atoms with Crippen molar-refractivity contribution in [3.8, 4) is 11.3 Å². The lowest BCUT2D eigenvalue weighted by molar-refractivity contribution is 0.110. The molecule has 2 saturated heterocycles. The van der Waals surface area contributed by atoms with Crippen LogP contribution in [-0.4, -0.2) is 43.4 Å². The number of hydrogen-bond acceptors (Lipinski definition) is 4. The number of nitrogens with zero attached hydrogens (tertiary/aromatic N) is 2. The molecule has 2 aliphatic heterocycles. The molecule has 3 heterocycles. The summed E-state index contributed by atoms with van der Waals surface area (Å²) >= 11 is 0. The van der Waals surface area contributed by atoms with Gasteiger partial charge in [-0.1, -0.05) is 0 Å². The van der Waals surface area contributed by atoms with Crippen LogP contribution in [0.2, 0.25) is 0 Å². The third-order valence-electron chi connectivity index (χ3n) is 4.85. The van der Waals surface area contributed by atoms with Crippen molar-refractivity contribution < 1.29 is 9.21 Å². The topological polar surface area (TPSA) is 36.7 Å². The Morgan fingerprint density at radius 1 is 1.05 bits per heavy atom. The van der Waals surface area contributed by atoms with Crippen molar-refractivity contribution in [2.24, 2.45) is 0 Å². The van der Waals surface area contributed by atoms with Gasteiger partial charge in [-0.15, -0.1) is 0 Å². The summed E-state index contributed by atoms with van der Waals surface area (Å²) in [6.45, 7) is 4.68. The minimum Gasteiger partial charge on any atom is -0.453 e. The third-order valence-corrected chi connectivity index (χ3v) is 4.85. The summed E-state index contributed by atoms with van der Waals surface area (Å²) in [7, 11) is 0. The number of carbonyl (C=O) groups excluding carboxylic acids is 1. The standard InChI is InChI=1S/C18H20N2O2/c21-13-17-7-8-18(22-17)14-3-5-15(6-4-14)20-11-10-19-9-1-2-16(19)12-20/h3-8,13,16H,1-2,9-12H2. The number of aldehydes is 1. The molecule has 1 aromatic carbocycles. The Morgan fingerprint density at radius 2 is 1.91 bits per heavy atom. The van der Waals surface area contributed by atoms with Gasteiger partial charge in [0.05, 0.1) is 0 Å². The van der Waals surface area contributed by atoms with Crippen LogP contribution in [0.4, 0.5) is 5.69 Å². The lowest BCUT2D eigenvalue weighted by Crippen LogP contribution is -2.50. The normalized spacial score (nSPS) is 21.8. The zero-order chi connectivity index (χ0) is 14.9. The molecular weight excluding hydrogens is 276 g/mol. The molecule has 0 saturated carbocycles. The minimum absolute atomic E-state index is 0.372. The van der Waals surface area contributed by atoms with E-state index in [0.717, 1.165) is 36.7 Å². The Kier molecular flexibility index (Phi) is 3.47. The fourth-order valence-electron chi connectivity index (χ4n) is 3.63. The number of benzene rings is 1. The molecule has 0 spiro atoms. The van der Waals surface area contributed by atoms with E-state index in [1.807, 2.05) is 6.07 Å². The van der Waals surface area contributed by atoms with Crippen LogP contribution >= 0.6 is 0 Å². The molecule has 4 heteroatoms. The number of piperazine rings is 1. The Bertz CT molecular complexity index is 662. The molecule has 114 valence electrons. The molecular formula is C18H20N2O2. The van der Waals surface area contributed by atoms with Crippen molar-refractivity contribution in [1.29, 1.82) is 0 Å². The molecule has 2 aromatic rings. The lowest BCUT2D eigenvalue weighted by Gasteiger charge is -2.38. The van der Waals surface area contributed by atoms with E-state index in [2.05, 4.69) is 34.1 Å². The number of furan rings is 1. The van der Waals surface area contributed by atoms with E-state index < -0.39 is 0 Å². The fraction of sp³-hybridized carbons (Fsp3) is 0.389. The number of rotatable bonds is 3. The van der Waals surface area contributed by atoms with E-state index in [-0.39, 0.29) is 0 Å². The van der Waals surface area contributed by atoms with Crippen molar-refractivity contribution in [3.05, 3.63) is 42.2 Å². The van der Waals surface area contributed by atoms with Crippen molar-refractivity contribution >= 4 is 12.0 Å². The molecule has 4 rings (SSSR count). The van der Waals surface area contributed by atoms with E-state index in [1.165, 1.54) is 31.6 Å². The Balaban J connectivity index is 1.50. The maximum atomic E-state index is 10.7. The predicted molar refractivity (Wildman–Crippen MR) is 86.3 cm³/mol. The summed E-state index contributed by atoms with van der Waals surface area (Å²) in [4.78, 5) is 15.8. The van der Waals surface area contributed by atoms with Crippen LogP contribution in [0.15, 0.2) is 40.8 Å². The average molecular weight is 296 g/mol. The van der Waals surface area contributed by atoms with Crippen LogP contribution in [0.1, 0.15) is 23.4 Å². The highest BCUT2D eigenvalue weighted by Gasteiger charge is 2.30. The first-order chi connectivity index (χ1) is 10.8. The Hall–Kier alpha value is -2.07. The van der Waals surface area contributed by atoms with Gasteiger partial charge in [0.1, 0.15) is 5.76 Å². The van der Waals surface area contributed by atoms with Gasteiger partial charge < -0.3 is 9.32 Å². The van der Waals surface area contributed by atoms with Crippen LogP contribution in [0.3, 0.4) is 0 Å². The molecule has 4 nitrogen and oxygen atoms in total. The monoisotopic (exact) mass is 296 g/mol. The van der Waals surface area contributed by atoms with E-state index in [9.17, 15) is 4.79 Å². The van der Waals surface area contributed by atoms with Gasteiger partial charge in [-0.3, -0.25) is 9.69 Å². The smallest absolute Gasteiger partial charge is 0.185 e. The van der Waals surface area contributed by atoms with E-state index >= 15 is 0 Å². The molecule has 1 atom stereocenters. The molecule has 0 amide bonds. The minimum atomic E-state index is 0.372. The zero-order valence-electron chi connectivity index (χ0n) is 12.6. The molecule has 0 radical (unpaired) electrons. The highest BCUT2D eigenvalue weighted by atomic mass is 16.3. The number of carbonyl (C=O) groups is 1. The molecule has 1 aromatic heterocycles. The second-order valence-corrected chi connectivity index (χ2v) is 6.14. The van der Waals surface area contributed by atoms with Crippen molar-refractivity contribution in [1.82, 2.24) is 4.90 Å². The highest BCUT2D eigenvalue weighted by molar-refractivity contribution is 5.73. The Labute approximate surface area is 130 Å². The van der Waals surface area contributed by atoms with Crippen molar-refractivity contribution in [3.63, 3.8) is 0 Å². The summed E-state index contributed by atoms with van der Waals surface area (Å²) in [5, 5.41) is 0. The number of anilines is 1. The van der Waals surface area contributed by atoms with E-state index in [1.54, 1.807) is 6.07 Å². The first kappa shape index (κ1) is 13.6. The maximum absolute atomic E-state index is 10.7. The average Bonchev–Trinajstić information content (AvgIpc) is 3.23. The van der Waals surface area contributed by atoms with Gasteiger partial charge in [0.15, 0.2) is 12.0 Å². The molecule has 0 aliphatic carbocycles. The number of fused-ring (bicyclic) bond motifs is 1. The van der Waals surface area contributed by atoms with Crippen LogP contribution in [-0.2, 0) is 0 Å². The fourth-order valence-corrected chi connectivity index (χ4v) is 3.63. The zero-order valence-corrected chi connectivity index (χ0v) is 12.6. The predicted octanol–water partition coefficient (Wildman–Crippen LogP) is 3.04. The highest BCUT2D eigenvalue weighted by Crippen LogP contribution is 2.28. The molecule has 0 bridgehead atoms. The maximum Gasteiger partial charge on any atom is 0.185 e. The first-order valence-electron chi connectivity index (χ1n) is 7.98. The largest absolute Gasteiger partial charge is 0.453 e. The third kappa shape index (κ3) is 2.44. The SMILES string of the molecule is O=Cc1ccc(-c2ccc(N3CCN4CCCC4C3)cc2)o1. The van der Waals surface area contributed by atoms with E-state index in [0.29, 0.717) is 5.76 Å². The lowest BCUT2D eigenvalue weighted by atomic mass is 10.1. The number of hydrogen-bond donors (Lipinski definition) is 0. The molecule has 2 aliphatic rings. The van der Waals surface area contributed by atoms with Crippen LogP contribution < -0.4 is 4.90 Å². The summed E-state index contributed by atoms with van der Waals surface area (Å²) in [6.07, 6.45) is 3.41. The van der Waals surface area contributed by atoms with Gasteiger partial charge in [0.2, 0.25) is 0 Å². The van der Waals surface area contributed by atoms with Gasteiger partial charge >= 0.3 is 0 Å². The Morgan fingerprint density at radius 3 is 2.68 bits per heavy atom. The summed E-state index contributed by atoms with van der Waals surface area (Å²) in [6, 6.07) is 12.7. The van der Waals surface area contributed by atoms with E-state index in [4.69, 9.17) is 4.42 Å². The van der Waals surface area contributed by atoms with Crippen LogP contribution in [0.5, 0.6) is 0 Å². The second-order valence-electron chi connectivity index (χ2n) is 6.14. The van der Waals surface area contributed by atoms with Gasteiger partial charge in [-0.25, -0.2) is 0 Å². The van der Waals surface area contributed by atoms with Gasteiger partial charge in [0.25, 0.3) is 0 Å². The summed E-state index contributed by atoms with van der Waals surface area (Å²) in [5.41, 5.74) is 2.29. The van der Waals surface area contributed by atoms with Crippen LogP contribution in [0.25, 0.3) is 11.3 Å². The van der Waals surface area contributed by atoms with Gasteiger partial charge in [-0.2, -0.15) is 0 Å². The molecule has 2 fully saturated rings. The van der Waals surface area contributed by atoms with Crippen molar-refractivity contribution in [2.75, 3.05) is 31.1 Å². The quantitative estimate of drug-likeness (QED) is 0.816. The van der Waals surface area contributed by atoms with Crippen molar-refractivity contribution in [2.45, 2.75) is 18.9 Å². The van der Waals surface area contributed by atoms with Gasteiger partial charge in [-0.05, 0) is 55.8 Å². The summed E-state index contributed by atoms with van der Waals surface area (Å²) in [5.74, 6) is 1.12. The first-order valence-corrected chi connectivity index (χ1v) is 7.98.